The molecule has 0 aliphatic carbocycles. The molecule has 0 spiro atoms. The lowest BCUT2D eigenvalue weighted by Crippen LogP contribution is -2.28. The van der Waals surface area contributed by atoms with Gasteiger partial charge in [-0.3, -0.25) is 14.2 Å². The Morgan fingerprint density at radius 2 is 1.50 bits per heavy atom. The van der Waals surface area contributed by atoms with Gasteiger partial charge in [-0.25, -0.2) is 0 Å². The molecule has 6 nitrogen and oxygen atoms in total. The first-order chi connectivity index (χ1) is 16.3. The van der Waals surface area contributed by atoms with Gasteiger partial charge >= 0.3 is 7.60 Å². The van der Waals surface area contributed by atoms with E-state index in [-0.39, 0.29) is 31.1 Å². The van der Waals surface area contributed by atoms with Crippen molar-refractivity contribution in [1.82, 2.24) is 0 Å². The van der Waals surface area contributed by atoms with Crippen LogP contribution in [0.2, 0.25) is 5.02 Å². The normalized spacial score (nSPS) is 11.3. The number of anilines is 1. The Kier molecular flexibility index (Phi) is 8.81. The van der Waals surface area contributed by atoms with E-state index >= 15 is 0 Å². The largest absolute Gasteiger partial charge is 0.335 e. The molecule has 0 bridgehead atoms. The summed E-state index contributed by atoms with van der Waals surface area (Å²) in [6.45, 7) is 4.08. The summed E-state index contributed by atoms with van der Waals surface area (Å²) >= 11 is 6.17. The fourth-order valence-electron chi connectivity index (χ4n) is 3.53. The molecule has 3 rings (SSSR count). The highest BCUT2D eigenvalue weighted by Gasteiger charge is 2.25. The molecule has 178 valence electrons. The fraction of sp³-hybridized carbons (Fsp3) is 0.231. The van der Waals surface area contributed by atoms with Crippen molar-refractivity contribution >= 4 is 36.6 Å². The second kappa shape index (κ2) is 11.6. The van der Waals surface area contributed by atoms with Gasteiger partial charge in [0, 0.05) is 28.8 Å². The molecule has 34 heavy (non-hydrogen) atoms. The van der Waals surface area contributed by atoms with E-state index in [9.17, 15) is 14.2 Å². The third-order valence-electron chi connectivity index (χ3n) is 5.13. The van der Waals surface area contributed by atoms with Gasteiger partial charge in [-0.1, -0.05) is 54.1 Å². The number of rotatable bonds is 10. The number of hydrogen-bond donors (Lipinski definition) is 0. The van der Waals surface area contributed by atoms with Gasteiger partial charge in [0.1, 0.15) is 0 Å². The highest BCUT2D eigenvalue weighted by molar-refractivity contribution is 7.53. The number of nitrogens with zero attached hydrogens (tertiary/aromatic N) is 1. The van der Waals surface area contributed by atoms with Crippen LogP contribution in [-0.4, -0.2) is 32.0 Å². The van der Waals surface area contributed by atoms with Crippen molar-refractivity contribution in [2.24, 2.45) is 0 Å². The Hall–Kier alpha value is -2.76. The SMILES string of the molecule is CCOP(=O)(Cc1ccc(C(=O)N(C)c2ccc(Cl)cc2C(=O)c2ccccc2)cc1)OCC. The van der Waals surface area contributed by atoms with Crippen molar-refractivity contribution in [3.63, 3.8) is 0 Å². The summed E-state index contributed by atoms with van der Waals surface area (Å²) in [5.41, 5.74) is 2.44. The van der Waals surface area contributed by atoms with Crippen LogP contribution in [0.1, 0.15) is 45.7 Å². The maximum Gasteiger partial charge on any atom is 0.335 e. The van der Waals surface area contributed by atoms with Gasteiger partial charge in [-0.2, -0.15) is 0 Å². The standard InChI is InChI=1S/C26H27ClNO5P/c1-4-32-34(31,33-5-2)18-19-11-13-21(14-12-19)26(30)28(3)24-16-15-22(27)17-23(24)25(29)20-9-7-6-8-10-20/h6-17H,4-5,18H2,1-3H3. The van der Waals surface area contributed by atoms with Gasteiger partial charge in [0.2, 0.25) is 0 Å². The number of carbonyl (C=O) groups excluding carboxylic acids is 2. The van der Waals surface area contributed by atoms with Crippen LogP contribution >= 0.6 is 19.2 Å². The van der Waals surface area contributed by atoms with Gasteiger partial charge in [0.25, 0.3) is 5.91 Å². The zero-order chi connectivity index (χ0) is 24.7. The molecule has 0 unspecified atom stereocenters. The van der Waals surface area contributed by atoms with E-state index in [1.165, 1.54) is 4.90 Å². The Morgan fingerprint density at radius 1 is 0.882 bits per heavy atom. The zero-order valence-electron chi connectivity index (χ0n) is 19.4. The van der Waals surface area contributed by atoms with Gasteiger partial charge in [-0.05, 0) is 49.7 Å². The maximum absolute atomic E-state index is 13.2. The van der Waals surface area contributed by atoms with Crippen LogP contribution in [-0.2, 0) is 19.8 Å². The Labute approximate surface area is 205 Å². The molecule has 3 aromatic rings. The van der Waals surface area contributed by atoms with Gasteiger partial charge in [0.05, 0.1) is 25.1 Å². The predicted molar refractivity (Wildman–Crippen MR) is 135 cm³/mol. The summed E-state index contributed by atoms with van der Waals surface area (Å²) in [6, 6.07) is 20.5. The minimum absolute atomic E-state index is 0.117. The molecule has 0 saturated carbocycles. The summed E-state index contributed by atoms with van der Waals surface area (Å²) in [4.78, 5) is 27.8. The molecule has 0 saturated heterocycles. The first-order valence-electron chi connectivity index (χ1n) is 10.9. The van der Waals surface area contributed by atoms with Crippen molar-refractivity contribution in [1.29, 1.82) is 0 Å². The van der Waals surface area contributed by atoms with Crippen molar-refractivity contribution in [3.8, 4) is 0 Å². The predicted octanol–water partition coefficient (Wildman–Crippen LogP) is 6.61. The van der Waals surface area contributed by atoms with E-state index in [0.29, 0.717) is 27.4 Å². The number of carbonyl (C=O) groups is 2. The van der Waals surface area contributed by atoms with Crippen LogP contribution in [0.5, 0.6) is 0 Å². The molecule has 0 heterocycles. The van der Waals surface area contributed by atoms with Crippen LogP contribution < -0.4 is 4.90 Å². The number of amides is 1. The zero-order valence-corrected chi connectivity index (χ0v) is 21.0. The quantitative estimate of drug-likeness (QED) is 0.232. The molecular weight excluding hydrogens is 473 g/mol. The Balaban J connectivity index is 1.85. The van der Waals surface area contributed by atoms with E-state index in [2.05, 4.69) is 0 Å². The summed E-state index contributed by atoms with van der Waals surface area (Å²) in [7, 11) is -1.63. The van der Waals surface area contributed by atoms with Crippen LogP contribution in [0.3, 0.4) is 0 Å². The number of halogens is 1. The van der Waals surface area contributed by atoms with Crippen molar-refractivity contribution in [3.05, 3.63) is 100 Å². The second-order valence-corrected chi connectivity index (χ2v) is 10.0. The van der Waals surface area contributed by atoms with Crippen molar-refractivity contribution in [2.45, 2.75) is 20.0 Å². The van der Waals surface area contributed by atoms with E-state index in [0.717, 1.165) is 5.56 Å². The molecule has 1 amide bonds. The van der Waals surface area contributed by atoms with Gasteiger partial charge in [0.15, 0.2) is 5.78 Å². The van der Waals surface area contributed by atoms with Gasteiger partial charge < -0.3 is 13.9 Å². The van der Waals surface area contributed by atoms with Crippen LogP contribution in [0.4, 0.5) is 5.69 Å². The summed E-state index contributed by atoms with van der Waals surface area (Å²) in [5, 5.41) is 0.404. The number of hydrogen-bond acceptors (Lipinski definition) is 5. The molecule has 8 heteroatoms. The monoisotopic (exact) mass is 499 g/mol. The van der Waals surface area contributed by atoms with Crippen molar-refractivity contribution < 1.29 is 23.2 Å². The minimum Gasteiger partial charge on any atom is -0.311 e. The van der Waals surface area contributed by atoms with Crippen LogP contribution in [0, 0.1) is 0 Å². The van der Waals surface area contributed by atoms with Crippen molar-refractivity contribution in [2.75, 3.05) is 25.2 Å². The first kappa shape index (κ1) is 25.9. The average molecular weight is 500 g/mol. The molecule has 0 fully saturated rings. The van der Waals surface area contributed by atoms with Gasteiger partial charge in [-0.15, -0.1) is 0 Å². The molecule has 0 aromatic heterocycles. The topological polar surface area (TPSA) is 72.9 Å². The second-order valence-electron chi connectivity index (χ2n) is 7.52. The highest BCUT2D eigenvalue weighted by atomic mass is 35.5. The first-order valence-corrected chi connectivity index (χ1v) is 13.0. The Bertz CT molecular complexity index is 1190. The summed E-state index contributed by atoms with van der Waals surface area (Å²) < 4.78 is 23.5. The van der Waals surface area contributed by atoms with Crippen LogP contribution in [0.25, 0.3) is 0 Å². The van der Waals surface area contributed by atoms with Crippen LogP contribution in [0.15, 0.2) is 72.8 Å². The molecule has 0 N–H and O–H groups in total. The number of ketones is 1. The third-order valence-corrected chi connectivity index (χ3v) is 7.42. The minimum atomic E-state index is -3.24. The fourth-order valence-corrected chi connectivity index (χ4v) is 5.40. The Morgan fingerprint density at radius 3 is 2.09 bits per heavy atom. The molecule has 0 aliphatic heterocycles. The molecule has 0 radical (unpaired) electrons. The molecular formula is C26H27ClNO5P. The lowest BCUT2D eigenvalue weighted by Gasteiger charge is -2.21. The lowest BCUT2D eigenvalue weighted by molar-refractivity contribution is 0.0993. The average Bonchev–Trinajstić information content (AvgIpc) is 2.84. The number of benzene rings is 3. The lowest BCUT2D eigenvalue weighted by atomic mass is 10.0. The van der Waals surface area contributed by atoms with E-state index in [1.54, 1.807) is 87.6 Å². The maximum atomic E-state index is 13.2. The van der Waals surface area contributed by atoms with E-state index in [1.807, 2.05) is 6.07 Å². The summed E-state index contributed by atoms with van der Waals surface area (Å²) in [5.74, 6) is -0.524. The highest BCUT2D eigenvalue weighted by Crippen LogP contribution is 2.51. The van der Waals surface area contributed by atoms with E-state index in [4.69, 9.17) is 20.6 Å². The third kappa shape index (κ3) is 6.22. The molecule has 0 atom stereocenters. The molecule has 0 aliphatic rings. The summed E-state index contributed by atoms with van der Waals surface area (Å²) in [6.07, 6.45) is 0.117. The van der Waals surface area contributed by atoms with E-state index < -0.39 is 7.60 Å². The molecule has 3 aromatic carbocycles. The smallest absolute Gasteiger partial charge is 0.311 e.